The predicted octanol–water partition coefficient (Wildman–Crippen LogP) is 6.42. The summed E-state index contributed by atoms with van der Waals surface area (Å²) >= 11 is 19.8. The highest BCUT2D eigenvalue weighted by Gasteiger charge is 2.17. The van der Waals surface area contributed by atoms with Crippen LogP contribution >= 0.6 is 46.6 Å². The molecule has 2 aromatic carbocycles. The molecule has 3 nitrogen and oxygen atoms in total. The van der Waals surface area contributed by atoms with Crippen molar-refractivity contribution in [1.82, 2.24) is 9.97 Å². The Morgan fingerprint density at radius 1 is 1.04 bits per heavy atom. The Morgan fingerprint density at radius 3 is 2.48 bits per heavy atom. The third-order valence-electron chi connectivity index (χ3n) is 3.55. The number of aromatic nitrogens is 2. The molecule has 0 aliphatic heterocycles. The lowest BCUT2D eigenvalue weighted by atomic mass is 10.1. The number of imidazole rings is 1. The normalized spacial score (nSPS) is 12.3. The highest BCUT2D eigenvalue weighted by atomic mass is 35.5. The van der Waals surface area contributed by atoms with Crippen LogP contribution in [0.5, 0.6) is 0 Å². The van der Waals surface area contributed by atoms with E-state index < -0.39 is 0 Å². The molecule has 0 saturated carbocycles. The van der Waals surface area contributed by atoms with E-state index in [1.807, 2.05) is 36.4 Å². The van der Waals surface area contributed by atoms with Gasteiger partial charge in [0.2, 0.25) is 0 Å². The number of H-pyrrole nitrogens is 1. The molecule has 1 N–H and O–H groups in total. The second kappa shape index (κ2) is 8.97. The van der Waals surface area contributed by atoms with E-state index in [1.165, 1.54) is 0 Å². The van der Waals surface area contributed by atoms with Crippen LogP contribution in [0.3, 0.4) is 0 Å². The highest BCUT2D eigenvalue weighted by Crippen LogP contribution is 2.29. The van der Waals surface area contributed by atoms with Crippen molar-refractivity contribution in [3.63, 3.8) is 0 Å². The topological polar surface area (TPSA) is 37.9 Å². The largest absolute Gasteiger partial charge is 0.359 e. The molecule has 1 unspecified atom stereocenters. The summed E-state index contributed by atoms with van der Waals surface area (Å²) in [6.07, 6.45) is 3.86. The summed E-state index contributed by atoms with van der Waals surface area (Å²) in [6, 6.07) is 13.1. The second-order valence-corrected chi connectivity index (χ2v) is 7.56. The monoisotopic (exact) mass is 412 g/mol. The summed E-state index contributed by atoms with van der Waals surface area (Å²) in [6.45, 7) is 0. The van der Waals surface area contributed by atoms with Crippen molar-refractivity contribution in [2.75, 3.05) is 5.94 Å². The first-order chi connectivity index (χ1) is 12.1. The van der Waals surface area contributed by atoms with Gasteiger partial charge in [-0.15, -0.1) is 0 Å². The lowest BCUT2D eigenvalue weighted by molar-refractivity contribution is 0.0843. The van der Waals surface area contributed by atoms with Crippen LogP contribution < -0.4 is 0 Å². The molecule has 0 spiro atoms. The van der Waals surface area contributed by atoms with Crippen molar-refractivity contribution in [2.45, 2.75) is 17.4 Å². The average Bonchev–Trinajstić information content (AvgIpc) is 3.12. The Bertz CT molecular complexity index is 810. The van der Waals surface area contributed by atoms with Gasteiger partial charge < -0.3 is 9.72 Å². The van der Waals surface area contributed by atoms with Gasteiger partial charge in [-0.05, 0) is 42.0 Å². The molecule has 1 aromatic heterocycles. The summed E-state index contributed by atoms with van der Waals surface area (Å²) in [5.41, 5.74) is 0.962. The molecule has 25 heavy (non-hydrogen) atoms. The number of benzene rings is 2. The van der Waals surface area contributed by atoms with Crippen molar-refractivity contribution >= 4 is 46.6 Å². The van der Waals surface area contributed by atoms with Gasteiger partial charge in [-0.1, -0.05) is 52.6 Å². The summed E-state index contributed by atoms with van der Waals surface area (Å²) in [7, 11) is 0. The van der Waals surface area contributed by atoms with Gasteiger partial charge in [-0.3, -0.25) is 0 Å². The Labute approximate surface area is 165 Å². The maximum Gasteiger partial charge on any atom is 0.135 e. The number of aromatic amines is 1. The molecule has 1 heterocycles. The van der Waals surface area contributed by atoms with E-state index >= 15 is 0 Å². The van der Waals surface area contributed by atoms with Crippen molar-refractivity contribution < 1.29 is 4.74 Å². The first-order valence-corrected chi connectivity index (χ1v) is 9.67. The highest BCUT2D eigenvalue weighted by molar-refractivity contribution is 7.99. The van der Waals surface area contributed by atoms with Crippen molar-refractivity contribution in [1.29, 1.82) is 0 Å². The summed E-state index contributed by atoms with van der Waals surface area (Å²) in [4.78, 5) is 8.52. The Morgan fingerprint density at radius 2 is 1.80 bits per heavy atom. The fourth-order valence-electron chi connectivity index (χ4n) is 2.29. The summed E-state index contributed by atoms with van der Waals surface area (Å²) in [5, 5.41) is 1.96. The molecule has 3 rings (SSSR count). The fourth-order valence-corrected chi connectivity index (χ4v) is 3.60. The molecule has 130 valence electrons. The van der Waals surface area contributed by atoms with Crippen molar-refractivity contribution in [2.24, 2.45) is 0 Å². The Kier molecular flexibility index (Phi) is 6.68. The van der Waals surface area contributed by atoms with Crippen molar-refractivity contribution in [3.8, 4) is 0 Å². The maximum atomic E-state index is 6.29. The van der Waals surface area contributed by atoms with Gasteiger partial charge in [-0.2, -0.15) is 0 Å². The standard InChI is InChI=1S/C18H15Cl3N2OS/c19-13-3-5-15(6-4-13)25-11-24-17(18-22-7-8-23-18)9-12-1-2-14(20)10-16(12)21/h1-8,10,17H,9,11H2,(H,22,23). The van der Waals surface area contributed by atoms with E-state index in [1.54, 1.807) is 30.2 Å². The zero-order valence-electron chi connectivity index (χ0n) is 13.1. The molecule has 0 radical (unpaired) electrons. The zero-order valence-corrected chi connectivity index (χ0v) is 16.2. The van der Waals surface area contributed by atoms with Gasteiger partial charge in [0.15, 0.2) is 0 Å². The van der Waals surface area contributed by atoms with Gasteiger partial charge in [0, 0.05) is 38.8 Å². The minimum absolute atomic E-state index is 0.228. The maximum absolute atomic E-state index is 6.29. The van der Waals surface area contributed by atoms with Crippen LogP contribution in [0.1, 0.15) is 17.5 Å². The molecule has 0 saturated heterocycles. The van der Waals surface area contributed by atoms with Crippen LogP contribution in [0.15, 0.2) is 59.8 Å². The van der Waals surface area contributed by atoms with E-state index in [0.29, 0.717) is 22.4 Å². The third kappa shape index (κ3) is 5.40. The SMILES string of the molecule is Clc1ccc(SCOC(Cc2ccc(Cl)cc2Cl)c2ncc[nH]2)cc1. The predicted molar refractivity (Wildman–Crippen MR) is 105 cm³/mol. The number of nitrogens with zero attached hydrogens (tertiary/aromatic N) is 1. The molecule has 0 amide bonds. The molecule has 0 aliphatic carbocycles. The summed E-state index contributed by atoms with van der Waals surface area (Å²) < 4.78 is 6.05. The van der Waals surface area contributed by atoms with E-state index in [4.69, 9.17) is 39.5 Å². The van der Waals surface area contributed by atoms with Gasteiger partial charge in [0.25, 0.3) is 0 Å². The zero-order chi connectivity index (χ0) is 17.6. The number of rotatable bonds is 7. The van der Waals surface area contributed by atoms with Gasteiger partial charge >= 0.3 is 0 Å². The number of thioether (sulfide) groups is 1. The number of hydrogen-bond donors (Lipinski definition) is 1. The van der Waals surface area contributed by atoms with Crippen LogP contribution in [0.2, 0.25) is 15.1 Å². The average molecular weight is 414 g/mol. The molecule has 0 fully saturated rings. The molecular weight excluding hydrogens is 399 g/mol. The first kappa shape index (κ1) is 18.6. The quantitative estimate of drug-likeness (QED) is 0.359. The molecule has 7 heteroatoms. The molecule has 1 atom stereocenters. The lowest BCUT2D eigenvalue weighted by Gasteiger charge is -2.17. The number of nitrogens with one attached hydrogen (secondary N) is 1. The van der Waals surface area contributed by atoms with Crippen LogP contribution in [-0.2, 0) is 11.2 Å². The smallest absolute Gasteiger partial charge is 0.135 e. The minimum atomic E-state index is -0.228. The van der Waals surface area contributed by atoms with E-state index in [-0.39, 0.29) is 6.10 Å². The third-order valence-corrected chi connectivity index (χ3v) is 5.25. The Hall–Kier alpha value is -1.17. The van der Waals surface area contributed by atoms with Gasteiger partial charge in [0.1, 0.15) is 11.9 Å². The molecule has 3 aromatic rings. The fraction of sp³-hybridized carbons (Fsp3) is 0.167. The van der Waals surface area contributed by atoms with E-state index in [2.05, 4.69) is 9.97 Å². The van der Waals surface area contributed by atoms with Gasteiger partial charge in [-0.25, -0.2) is 4.98 Å². The van der Waals surface area contributed by atoms with E-state index in [9.17, 15) is 0 Å². The molecule has 0 bridgehead atoms. The molecular formula is C18H15Cl3N2OS. The van der Waals surface area contributed by atoms with Crippen LogP contribution in [0.4, 0.5) is 0 Å². The van der Waals surface area contributed by atoms with Gasteiger partial charge in [0.05, 0.1) is 5.94 Å². The summed E-state index contributed by atoms with van der Waals surface area (Å²) in [5.74, 6) is 1.25. The Balaban J connectivity index is 1.66. The number of ether oxygens (including phenoxy) is 1. The molecule has 0 aliphatic rings. The second-order valence-electron chi connectivity index (χ2n) is 5.29. The number of hydrogen-bond acceptors (Lipinski definition) is 3. The first-order valence-electron chi connectivity index (χ1n) is 7.55. The van der Waals surface area contributed by atoms with Crippen molar-refractivity contribution in [3.05, 3.63) is 81.3 Å². The van der Waals surface area contributed by atoms with Crippen LogP contribution in [0, 0.1) is 0 Å². The van der Waals surface area contributed by atoms with Crippen LogP contribution in [-0.4, -0.2) is 15.9 Å². The lowest BCUT2D eigenvalue weighted by Crippen LogP contribution is -2.10. The van der Waals surface area contributed by atoms with E-state index in [0.717, 1.165) is 21.3 Å². The number of halogens is 3. The van der Waals surface area contributed by atoms with Crippen LogP contribution in [0.25, 0.3) is 0 Å². The minimum Gasteiger partial charge on any atom is -0.359 e.